The van der Waals surface area contributed by atoms with Gasteiger partial charge in [0.2, 0.25) is 0 Å². The molecule has 2 atom stereocenters. The third-order valence-electron chi connectivity index (χ3n) is 2.40. The molecule has 1 aliphatic rings. The van der Waals surface area contributed by atoms with Gasteiger partial charge in [-0.1, -0.05) is 5.11 Å². The predicted molar refractivity (Wildman–Crippen MR) is 61.4 cm³/mol. The maximum Gasteiger partial charge on any atom is 0.410 e. The maximum atomic E-state index is 11.8. The third-order valence-corrected chi connectivity index (χ3v) is 2.40. The maximum absolute atomic E-state index is 11.8. The van der Waals surface area contributed by atoms with Gasteiger partial charge in [0.25, 0.3) is 0 Å². The number of aliphatic hydroxyl groups is 1. The van der Waals surface area contributed by atoms with Crippen LogP contribution in [0.1, 0.15) is 27.2 Å². The highest BCUT2D eigenvalue weighted by atomic mass is 16.6. The second kappa shape index (κ2) is 5.25. The molecule has 1 aliphatic heterocycles. The van der Waals surface area contributed by atoms with Gasteiger partial charge in [-0.25, -0.2) is 4.79 Å². The molecule has 0 aromatic rings. The van der Waals surface area contributed by atoms with Crippen LogP contribution in [0.4, 0.5) is 4.79 Å². The number of piperidine rings is 1. The molecule has 1 heterocycles. The van der Waals surface area contributed by atoms with Crippen molar-refractivity contribution in [2.75, 3.05) is 13.1 Å². The highest BCUT2D eigenvalue weighted by Gasteiger charge is 2.31. The highest BCUT2D eigenvalue weighted by molar-refractivity contribution is 5.68. The van der Waals surface area contributed by atoms with Gasteiger partial charge < -0.3 is 14.7 Å². The number of aliphatic hydroxyl groups excluding tert-OH is 1. The molecular formula is C10H18N4O3. The van der Waals surface area contributed by atoms with Crippen LogP contribution < -0.4 is 0 Å². The topological polar surface area (TPSA) is 98.5 Å². The Labute approximate surface area is 100.0 Å². The Bertz CT molecular complexity index is 333. The summed E-state index contributed by atoms with van der Waals surface area (Å²) in [7, 11) is 0. The van der Waals surface area contributed by atoms with Gasteiger partial charge in [0.1, 0.15) is 5.60 Å². The van der Waals surface area contributed by atoms with E-state index in [-0.39, 0.29) is 6.54 Å². The fourth-order valence-electron chi connectivity index (χ4n) is 1.59. The Kier molecular flexibility index (Phi) is 4.20. The van der Waals surface area contributed by atoms with Crippen LogP contribution in [0, 0.1) is 0 Å². The number of amides is 1. The van der Waals surface area contributed by atoms with Gasteiger partial charge in [-0.2, -0.15) is 0 Å². The number of carbonyl (C=O) groups excluding carboxylic acids is 1. The first-order chi connectivity index (χ1) is 7.83. The number of hydrogen-bond acceptors (Lipinski definition) is 4. The van der Waals surface area contributed by atoms with Crippen LogP contribution in [-0.4, -0.2) is 46.9 Å². The van der Waals surface area contributed by atoms with Crippen molar-refractivity contribution in [2.24, 2.45) is 5.11 Å². The molecule has 0 aromatic carbocycles. The van der Waals surface area contributed by atoms with Gasteiger partial charge in [-0.15, -0.1) is 0 Å². The van der Waals surface area contributed by atoms with Crippen molar-refractivity contribution in [2.45, 2.75) is 44.9 Å². The molecule has 0 bridgehead atoms. The lowest BCUT2D eigenvalue weighted by molar-refractivity contribution is 0.00499. The van der Waals surface area contributed by atoms with Crippen molar-refractivity contribution >= 4 is 6.09 Å². The molecule has 1 amide bonds. The van der Waals surface area contributed by atoms with E-state index in [4.69, 9.17) is 10.3 Å². The Hall–Kier alpha value is -1.46. The summed E-state index contributed by atoms with van der Waals surface area (Å²) in [5, 5.41) is 13.1. The SMILES string of the molecule is CC(C)(C)OC(=O)N1CC[C@H](O)C(N=[N+]=[N-])C1. The second-order valence-electron chi connectivity index (χ2n) is 5.05. The van der Waals surface area contributed by atoms with Crippen molar-refractivity contribution in [1.82, 2.24) is 4.90 Å². The summed E-state index contributed by atoms with van der Waals surface area (Å²) in [6.45, 7) is 5.96. The summed E-state index contributed by atoms with van der Waals surface area (Å²) in [5.74, 6) is 0. The quantitative estimate of drug-likeness (QED) is 0.430. The Morgan fingerprint density at radius 2 is 2.24 bits per heavy atom. The lowest BCUT2D eigenvalue weighted by Crippen LogP contribution is -2.49. The van der Waals surface area contributed by atoms with Crippen molar-refractivity contribution < 1.29 is 14.6 Å². The summed E-state index contributed by atoms with van der Waals surface area (Å²) >= 11 is 0. The standard InChI is InChI=1S/C10H18N4O3/c1-10(2,3)17-9(16)14-5-4-8(15)7(6-14)12-13-11/h7-8,15H,4-6H2,1-3H3/t7?,8-/m0/s1. The summed E-state index contributed by atoms with van der Waals surface area (Å²) in [6, 6.07) is -0.596. The summed E-state index contributed by atoms with van der Waals surface area (Å²) < 4.78 is 5.21. The lowest BCUT2D eigenvalue weighted by Gasteiger charge is -2.34. The molecule has 1 fully saturated rings. The minimum atomic E-state index is -0.690. The monoisotopic (exact) mass is 242 g/mol. The lowest BCUT2D eigenvalue weighted by atomic mass is 10.0. The molecule has 0 aromatic heterocycles. The molecule has 0 radical (unpaired) electrons. The smallest absolute Gasteiger partial charge is 0.410 e. The van der Waals surface area contributed by atoms with E-state index < -0.39 is 23.8 Å². The number of ether oxygens (including phenoxy) is 1. The summed E-state index contributed by atoms with van der Waals surface area (Å²) in [5.41, 5.74) is 7.81. The Morgan fingerprint density at radius 1 is 1.59 bits per heavy atom. The van der Waals surface area contributed by atoms with Crippen LogP contribution in [0.25, 0.3) is 10.4 Å². The van der Waals surface area contributed by atoms with Gasteiger partial charge >= 0.3 is 6.09 Å². The largest absolute Gasteiger partial charge is 0.444 e. The fourth-order valence-corrected chi connectivity index (χ4v) is 1.59. The number of hydrogen-bond donors (Lipinski definition) is 1. The molecule has 0 spiro atoms. The van der Waals surface area contributed by atoms with Crippen LogP contribution >= 0.6 is 0 Å². The number of nitrogens with zero attached hydrogens (tertiary/aromatic N) is 4. The number of azide groups is 1. The van der Waals surface area contributed by atoms with E-state index in [2.05, 4.69) is 10.0 Å². The normalized spacial score (nSPS) is 25.1. The Balaban J connectivity index is 2.61. The second-order valence-corrected chi connectivity index (χ2v) is 5.05. The minimum absolute atomic E-state index is 0.195. The van der Waals surface area contributed by atoms with Crippen LogP contribution in [-0.2, 0) is 4.74 Å². The van der Waals surface area contributed by atoms with Crippen molar-refractivity contribution in [1.29, 1.82) is 0 Å². The zero-order valence-electron chi connectivity index (χ0n) is 10.3. The van der Waals surface area contributed by atoms with Crippen molar-refractivity contribution in [3.05, 3.63) is 10.4 Å². The van der Waals surface area contributed by atoms with Crippen LogP contribution in [0.3, 0.4) is 0 Å². The molecule has 7 heteroatoms. The molecule has 0 saturated carbocycles. The van der Waals surface area contributed by atoms with Crippen LogP contribution in [0.5, 0.6) is 0 Å². The summed E-state index contributed by atoms with van der Waals surface area (Å²) in [4.78, 5) is 15.9. The predicted octanol–water partition coefficient (Wildman–Crippen LogP) is 1.67. The van der Waals surface area contributed by atoms with E-state index in [1.165, 1.54) is 4.90 Å². The third kappa shape index (κ3) is 4.13. The average Bonchev–Trinajstić information content (AvgIpc) is 2.19. The van der Waals surface area contributed by atoms with E-state index in [0.29, 0.717) is 13.0 Å². The van der Waals surface area contributed by atoms with E-state index in [9.17, 15) is 9.90 Å². The number of likely N-dealkylation sites (tertiary alicyclic amines) is 1. The van der Waals surface area contributed by atoms with Crippen molar-refractivity contribution in [3.63, 3.8) is 0 Å². The molecule has 1 saturated heterocycles. The molecule has 0 aliphatic carbocycles. The van der Waals surface area contributed by atoms with E-state index in [0.717, 1.165) is 0 Å². The van der Waals surface area contributed by atoms with Gasteiger partial charge in [0, 0.05) is 18.0 Å². The first-order valence-corrected chi connectivity index (χ1v) is 5.53. The van der Waals surface area contributed by atoms with Gasteiger partial charge in [-0.3, -0.25) is 0 Å². The zero-order valence-corrected chi connectivity index (χ0v) is 10.3. The van der Waals surface area contributed by atoms with E-state index >= 15 is 0 Å². The molecule has 7 nitrogen and oxygen atoms in total. The molecule has 17 heavy (non-hydrogen) atoms. The van der Waals surface area contributed by atoms with Crippen LogP contribution in [0.15, 0.2) is 5.11 Å². The average molecular weight is 242 g/mol. The molecule has 1 rings (SSSR count). The van der Waals surface area contributed by atoms with Gasteiger partial charge in [-0.05, 0) is 32.7 Å². The number of carbonyl (C=O) groups is 1. The molecular weight excluding hydrogens is 224 g/mol. The first-order valence-electron chi connectivity index (χ1n) is 5.53. The highest BCUT2D eigenvalue weighted by Crippen LogP contribution is 2.17. The molecule has 1 unspecified atom stereocenters. The zero-order chi connectivity index (χ0) is 13.1. The van der Waals surface area contributed by atoms with Gasteiger partial charge in [0.15, 0.2) is 0 Å². The molecule has 96 valence electrons. The van der Waals surface area contributed by atoms with E-state index in [1.54, 1.807) is 20.8 Å². The van der Waals surface area contributed by atoms with Crippen LogP contribution in [0.2, 0.25) is 0 Å². The Morgan fingerprint density at radius 3 is 2.76 bits per heavy atom. The van der Waals surface area contributed by atoms with Gasteiger partial charge in [0.05, 0.1) is 12.1 Å². The summed E-state index contributed by atoms with van der Waals surface area (Å²) in [6.07, 6.45) is -0.740. The minimum Gasteiger partial charge on any atom is -0.444 e. The van der Waals surface area contributed by atoms with Crippen molar-refractivity contribution in [3.8, 4) is 0 Å². The van der Waals surface area contributed by atoms with E-state index in [1.807, 2.05) is 0 Å². The fraction of sp³-hybridized carbons (Fsp3) is 0.900. The molecule has 1 N–H and O–H groups in total. The first kappa shape index (κ1) is 13.6. The number of rotatable bonds is 1.